The van der Waals surface area contributed by atoms with E-state index in [1.54, 1.807) is 54.6 Å². The zero-order chi connectivity index (χ0) is 21.9. The van der Waals surface area contributed by atoms with Crippen molar-refractivity contribution in [2.24, 2.45) is 0 Å². The highest BCUT2D eigenvalue weighted by molar-refractivity contribution is 7.91. The summed E-state index contributed by atoms with van der Waals surface area (Å²) in [4.78, 5) is 12.8. The topological polar surface area (TPSA) is 75.3 Å². The summed E-state index contributed by atoms with van der Waals surface area (Å²) in [6, 6.07) is 17.1. The zero-order valence-corrected chi connectivity index (χ0v) is 18.7. The van der Waals surface area contributed by atoms with Crippen LogP contribution in [0.25, 0.3) is 0 Å². The highest BCUT2D eigenvalue weighted by Gasteiger charge is 2.20. The van der Waals surface area contributed by atoms with E-state index < -0.39 is 16.1 Å². The van der Waals surface area contributed by atoms with Gasteiger partial charge in [0.2, 0.25) is 0 Å². The van der Waals surface area contributed by atoms with Crippen molar-refractivity contribution < 1.29 is 13.2 Å². The lowest BCUT2D eigenvalue weighted by Gasteiger charge is -2.15. The average molecular weight is 463 g/mol. The second kappa shape index (κ2) is 9.08. The summed E-state index contributed by atoms with van der Waals surface area (Å²) < 4.78 is 29.3. The van der Waals surface area contributed by atoms with Crippen LogP contribution in [0.2, 0.25) is 10.0 Å². The number of aryl methyl sites for hydroxylation is 2. The maximum Gasteiger partial charge on any atom is 0.323 e. The largest absolute Gasteiger partial charge is 0.323 e. The van der Waals surface area contributed by atoms with Crippen LogP contribution in [0, 0.1) is 13.8 Å². The molecule has 0 radical (unpaired) electrons. The molecule has 0 saturated heterocycles. The maximum atomic E-state index is 12.8. The molecule has 0 spiro atoms. The Morgan fingerprint density at radius 2 is 1.67 bits per heavy atom. The number of nitrogens with one attached hydrogen (secondary N) is 2. The molecule has 0 atom stereocenters. The van der Waals surface area contributed by atoms with Gasteiger partial charge in [-0.05, 0) is 67.3 Å². The van der Waals surface area contributed by atoms with E-state index in [4.69, 9.17) is 23.2 Å². The molecular weight excluding hydrogens is 443 g/mol. The number of amides is 1. The Labute approximate surface area is 186 Å². The second-order valence-electron chi connectivity index (χ2n) is 6.92. The highest BCUT2D eigenvalue weighted by atomic mass is 35.5. The van der Waals surface area contributed by atoms with Gasteiger partial charge < -0.3 is 0 Å². The minimum atomic E-state index is -4.10. The molecule has 0 heterocycles. The first-order valence-corrected chi connectivity index (χ1v) is 11.3. The van der Waals surface area contributed by atoms with Crippen molar-refractivity contribution in [3.63, 3.8) is 0 Å². The predicted octanol–water partition coefficient (Wildman–Crippen LogP) is 5.29. The Balaban J connectivity index is 1.85. The molecule has 3 aromatic carbocycles. The van der Waals surface area contributed by atoms with Crippen LogP contribution in [0.3, 0.4) is 0 Å². The third-order valence-electron chi connectivity index (χ3n) is 4.57. The molecule has 0 aliphatic heterocycles. The lowest BCUT2D eigenvalue weighted by molar-refractivity contribution is 0.0980. The van der Waals surface area contributed by atoms with Crippen molar-refractivity contribution in [2.75, 3.05) is 4.72 Å². The number of anilines is 1. The summed E-state index contributed by atoms with van der Waals surface area (Å²) >= 11 is 12.2. The van der Waals surface area contributed by atoms with Crippen molar-refractivity contribution in [1.29, 1.82) is 0 Å². The van der Waals surface area contributed by atoms with Crippen molar-refractivity contribution in [1.82, 2.24) is 4.72 Å². The van der Waals surface area contributed by atoms with Gasteiger partial charge in [-0.2, -0.15) is 8.42 Å². The van der Waals surface area contributed by atoms with Crippen LogP contribution < -0.4 is 9.44 Å². The monoisotopic (exact) mass is 462 g/mol. The van der Waals surface area contributed by atoms with E-state index in [2.05, 4.69) is 9.44 Å². The van der Waals surface area contributed by atoms with E-state index in [0.29, 0.717) is 27.7 Å². The van der Waals surface area contributed by atoms with Crippen molar-refractivity contribution in [2.45, 2.75) is 20.3 Å². The summed E-state index contributed by atoms with van der Waals surface area (Å²) in [5.74, 6) is -0.724. The van der Waals surface area contributed by atoms with Crippen molar-refractivity contribution in [3.8, 4) is 0 Å². The minimum Gasteiger partial charge on any atom is -0.268 e. The number of carbonyl (C=O) groups excluding carboxylic acids is 1. The first-order valence-electron chi connectivity index (χ1n) is 9.08. The van der Waals surface area contributed by atoms with Gasteiger partial charge in [0.15, 0.2) is 0 Å². The van der Waals surface area contributed by atoms with E-state index in [0.717, 1.165) is 16.7 Å². The maximum absolute atomic E-state index is 12.8. The van der Waals surface area contributed by atoms with E-state index in [9.17, 15) is 13.2 Å². The Morgan fingerprint density at radius 3 is 2.33 bits per heavy atom. The molecule has 0 aliphatic carbocycles. The quantitative estimate of drug-likeness (QED) is 0.522. The van der Waals surface area contributed by atoms with Gasteiger partial charge in [-0.25, -0.2) is 4.72 Å². The molecule has 0 unspecified atom stereocenters. The molecule has 156 valence electrons. The molecule has 30 heavy (non-hydrogen) atoms. The van der Waals surface area contributed by atoms with Gasteiger partial charge in [-0.3, -0.25) is 9.52 Å². The molecule has 0 fully saturated rings. The van der Waals surface area contributed by atoms with Gasteiger partial charge in [0, 0.05) is 15.6 Å². The number of hydrogen-bond acceptors (Lipinski definition) is 3. The van der Waals surface area contributed by atoms with Crippen LogP contribution >= 0.6 is 23.2 Å². The number of benzene rings is 3. The molecule has 0 bridgehead atoms. The van der Waals surface area contributed by atoms with Crippen LogP contribution in [0.1, 0.15) is 32.6 Å². The highest BCUT2D eigenvalue weighted by Crippen LogP contribution is 2.26. The van der Waals surface area contributed by atoms with Gasteiger partial charge in [-0.15, -0.1) is 0 Å². The summed E-state index contributed by atoms with van der Waals surface area (Å²) in [5, 5.41) is 0.991. The molecule has 3 rings (SSSR count). The lowest BCUT2D eigenvalue weighted by atomic mass is 9.95. The molecule has 2 N–H and O–H groups in total. The van der Waals surface area contributed by atoms with Crippen LogP contribution in [-0.2, 0) is 16.6 Å². The number of rotatable bonds is 6. The Bertz CT molecular complexity index is 1190. The third kappa shape index (κ3) is 5.53. The first kappa shape index (κ1) is 22.2. The minimum absolute atomic E-state index is 0.260. The summed E-state index contributed by atoms with van der Waals surface area (Å²) in [5.41, 5.74) is 3.92. The molecular formula is C22H20Cl2N2O3S. The summed E-state index contributed by atoms with van der Waals surface area (Å²) in [6.45, 7) is 3.75. The van der Waals surface area contributed by atoms with Crippen LogP contribution in [-0.4, -0.2) is 14.3 Å². The lowest BCUT2D eigenvalue weighted by Crippen LogP contribution is -2.36. The third-order valence-corrected chi connectivity index (χ3v) is 6.11. The first-order chi connectivity index (χ1) is 14.1. The fraction of sp³-hybridized carbons (Fsp3) is 0.136. The molecule has 0 saturated carbocycles. The predicted molar refractivity (Wildman–Crippen MR) is 122 cm³/mol. The van der Waals surface area contributed by atoms with E-state index in [1.165, 1.54) is 0 Å². The Morgan fingerprint density at radius 1 is 0.967 bits per heavy atom. The number of carbonyl (C=O) groups is 1. The zero-order valence-electron chi connectivity index (χ0n) is 16.4. The van der Waals surface area contributed by atoms with E-state index in [-0.39, 0.29) is 5.56 Å². The average Bonchev–Trinajstić information content (AvgIpc) is 2.66. The SMILES string of the molecule is Cc1ccc(NS(=O)(=O)NC(=O)c2cccc(C)c2Cc2ccc(Cl)cc2Cl)cc1. The van der Waals surface area contributed by atoms with Crippen LogP contribution in [0.15, 0.2) is 60.7 Å². The van der Waals surface area contributed by atoms with Gasteiger partial charge >= 0.3 is 10.2 Å². The molecule has 3 aromatic rings. The fourth-order valence-electron chi connectivity index (χ4n) is 2.98. The van der Waals surface area contributed by atoms with Crippen LogP contribution in [0.4, 0.5) is 5.69 Å². The molecule has 8 heteroatoms. The molecule has 1 amide bonds. The molecule has 0 aliphatic rings. The van der Waals surface area contributed by atoms with E-state index in [1.807, 2.05) is 19.9 Å². The normalized spacial score (nSPS) is 11.2. The standard InChI is InChI=1S/C22H20Cl2N2O3S/c1-14-6-10-18(11-7-14)25-30(28,29)26-22(27)19-5-3-4-15(2)20(19)12-16-8-9-17(23)13-21(16)24/h3-11,13,25H,12H2,1-2H3,(H,26,27). The van der Waals surface area contributed by atoms with Gasteiger partial charge in [0.25, 0.3) is 5.91 Å². The van der Waals surface area contributed by atoms with Gasteiger partial charge in [0.1, 0.15) is 0 Å². The van der Waals surface area contributed by atoms with Gasteiger partial charge in [0.05, 0.1) is 5.69 Å². The van der Waals surface area contributed by atoms with Crippen molar-refractivity contribution in [3.05, 3.63) is 98.5 Å². The smallest absolute Gasteiger partial charge is 0.268 e. The number of halogens is 2. The summed E-state index contributed by atoms with van der Waals surface area (Å²) in [7, 11) is -4.10. The van der Waals surface area contributed by atoms with Crippen molar-refractivity contribution >= 4 is 45.0 Å². The fourth-order valence-corrected chi connectivity index (χ4v) is 4.31. The Kier molecular flexibility index (Phi) is 6.71. The summed E-state index contributed by atoms with van der Waals surface area (Å²) in [6.07, 6.45) is 0.358. The number of hydrogen-bond donors (Lipinski definition) is 2. The van der Waals surface area contributed by atoms with E-state index >= 15 is 0 Å². The molecule has 0 aromatic heterocycles. The van der Waals surface area contributed by atoms with Crippen LogP contribution in [0.5, 0.6) is 0 Å². The Hall–Kier alpha value is -2.54. The second-order valence-corrected chi connectivity index (χ2v) is 9.18. The molecule has 5 nitrogen and oxygen atoms in total. The van der Waals surface area contributed by atoms with Gasteiger partial charge in [-0.1, -0.05) is 59.1 Å².